The van der Waals surface area contributed by atoms with Crippen molar-refractivity contribution >= 4 is 34.1 Å². The predicted octanol–water partition coefficient (Wildman–Crippen LogP) is -0.351. The van der Waals surface area contributed by atoms with Gasteiger partial charge in [-0.3, -0.25) is 9.59 Å². The van der Waals surface area contributed by atoms with Crippen molar-refractivity contribution in [2.75, 3.05) is 44.9 Å². The first kappa shape index (κ1) is 16.2. The van der Waals surface area contributed by atoms with E-state index in [1.165, 1.54) is 11.3 Å². The van der Waals surface area contributed by atoms with E-state index in [0.717, 1.165) is 0 Å². The van der Waals surface area contributed by atoms with Gasteiger partial charge in [0.25, 0.3) is 5.91 Å². The van der Waals surface area contributed by atoms with Crippen LogP contribution in [0.4, 0.5) is 10.9 Å². The van der Waals surface area contributed by atoms with Gasteiger partial charge in [-0.25, -0.2) is 4.98 Å². The molecule has 0 aromatic carbocycles. The number of nitrogen functional groups attached to an aromatic ring is 1. The summed E-state index contributed by atoms with van der Waals surface area (Å²) in [4.78, 5) is 27.5. The number of anilines is 2. The number of nitrogens with one attached hydrogen (secondary N) is 3. The molecule has 1 rings (SSSR count). The van der Waals surface area contributed by atoms with E-state index in [4.69, 9.17) is 10.5 Å². The van der Waals surface area contributed by atoms with Crippen molar-refractivity contribution < 1.29 is 14.3 Å². The molecule has 0 atom stereocenters. The summed E-state index contributed by atoms with van der Waals surface area (Å²) in [6.07, 6.45) is 0.201. The summed E-state index contributed by atoms with van der Waals surface area (Å²) in [6, 6.07) is 0. The predicted molar refractivity (Wildman–Crippen MR) is 77.9 cm³/mol. The fraction of sp³-hybridized carbons (Fsp3) is 0.545. The number of hydrogen-bond acceptors (Lipinski definition) is 7. The van der Waals surface area contributed by atoms with Gasteiger partial charge < -0.3 is 26.4 Å². The lowest BCUT2D eigenvalue weighted by Gasteiger charge is -2.05. The number of amides is 2. The van der Waals surface area contributed by atoms with Crippen LogP contribution < -0.4 is 21.7 Å². The molecule has 1 aromatic rings. The molecular formula is C11H19N5O3S. The molecule has 0 aliphatic carbocycles. The third kappa shape index (κ3) is 5.02. The molecule has 1 heterocycles. The summed E-state index contributed by atoms with van der Waals surface area (Å²) in [7, 11) is 3.26. The highest BCUT2D eigenvalue weighted by atomic mass is 32.1. The Kier molecular flexibility index (Phi) is 6.74. The first-order chi connectivity index (χ1) is 9.58. The Labute approximate surface area is 121 Å². The number of thiazole rings is 1. The number of ether oxygens (including phenoxy) is 1. The maximum Gasteiger partial charge on any atom is 0.265 e. The zero-order valence-corrected chi connectivity index (χ0v) is 12.3. The Morgan fingerprint density at radius 3 is 2.70 bits per heavy atom. The topological polar surface area (TPSA) is 118 Å². The second-order valence-corrected chi connectivity index (χ2v) is 4.83. The van der Waals surface area contributed by atoms with Gasteiger partial charge in [0.15, 0.2) is 5.13 Å². The summed E-state index contributed by atoms with van der Waals surface area (Å²) in [5.41, 5.74) is 5.64. The van der Waals surface area contributed by atoms with Crippen LogP contribution in [0.2, 0.25) is 0 Å². The molecule has 0 fully saturated rings. The van der Waals surface area contributed by atoms with E-state index in [2.05, 4.69) is 20.9 Å². The van der Waals surface area contributed by atoms with Crippen LogP contribution in [0.25, 0.3) is 0 Å². The van der Waals surface area contributed by atoms with Crippen LogP contribution in [0.5, 0.6) is 0 Å². The van der Waals surface area contributed by atoms with Crippen LogP contribution in [0, 0.1) is 0 Å². The van der Waals surface area contributed by atoms with Gasteiger partial charge in [-0.05, 0) is 0 Å². The van der Waals surface area contributed by atoms with Gasteiger partial charge in [-0.15, -0.1) is 0 Å². The van der Waals surface area contributed by atoms with Crippen LogP contribution in [-0.2, 0) is 9.53 Å². The standard InChI is InChI=1S/C11H19N5O3S/c1-13-11-16-9(12)8(20-11)10(18)15-4-3-7(17)14-5-6-19-2/h3-6,12H2,1-2H3,(H,13,16)(H,14,17)(H,15,18). The number of carbonyl (C=O) groups is 2. The molecule has 20 heavy (non-hydrogen) atoms. The Balaban J connectivity index is 2.32. The summed E-state index contributed by atoms with van der Waals surface area (Å²) in [6.45, 7) is 1.16. The summed E-state index contributed by atoms with van der Waals surface area (Å²) >= 11 is 1.17. The molecule has 2 amide bonds. The number of methoxy groups -OCH3 is 1. The van der Waals surface area contributed by atoms with E-state index in [1.807, 2.05) is 0 Å². The summed E-state index contributed by atoms with van der Waals surface area (Å²) in [5.74, 6) is -0.289. The molecule has 0 unspecified atom stereocenters. The van der Waals surface area contributed by atoms with Gasteiger partial charge in [0.05, 0.1) is 6.61 Å². The van der Waals surface area contributed by atoms with E-state index in [-0.39, 0.29) is 30.6 Å². The quantitative estimate of drug-likeness (QED) is 0.487. The summed E-state index contributed by atoms with van der Waals surface area (Å²) in [5, 5.41) is 8.68. The van der Waals surface area contributed by atoms with Crippen molar-refractivity contribution in [2.45, 2.75) is 6.42 Å². The molecule has 0 aliphatic heterocycles. The molecule has 1 aromatic heterocycles. The maximum absolute atomic E-state index is 11.8. The average molecular weight is 301 g/mol. The Bertz CT molecular complexity index is 463. The van der Waals surface area contributed by atoms with E-state index in [9.17, 15) is 9.59 Å². The number of rotatable bonds is 8. The minimum absolute atomic E-state index is 0.143. The number of nitrogens with two attached hydrogens (primary N) is 1. The van der Waals surface area contributed by atoms with Crippen LogP contribution in [-0.4, -0.2) is 50.7 Å². The fourth-order valence-electron chi connectivity index (χ4n) is 1.35. The van der Waals surface area contributed by atoms with E-state index >= 15 is 0 Å². The highest BCUT2D eigenvalue weighted by Crippen LogP contribution is 2.23. The first-order valence-corrected chi connectivity index (χ1v) is 6.88. The highest BCUT2D eigenvalue weighted by molar-refractivity contribution is 7.18. The number of hydrogen-bond donors (Lipinski definition) is 4. The van der Waals surface area contributed by atoms with Crippen molar-refractivity contribution in [1.82, 2.24) is 15.6 Å². The molecule has 0 bridgehead atoms. The third-order valence-electron chi connectivity index (χ3n) is 2.34. The molecule has 9 heteroatoms. The van der Waals surface area contributed by atoms with Gasteiger partial charge in [-0.2, -0.15) is 0 Å². The van der Waals surface area contributed by atoms with Crippen molar-refractivity contribution in [3.05, 3.63) is 4.88 Å². The van der Waals surface area contributed by atoms with Gasteiger partial charge in [0.1, 0.15) is 10.7 Å². The number of nitrogens with zero attached hydrogens (tertiary/aromatic N) is 1. The molecular weight excluding hydrogens is 282 g/mol. The van der Waals surface area contributed by atoms with Crippen LogP contribution in [0.1, 0.15) is 16.1 Å². The number of aromatic nitrogens is 1. The van der Waals surface area contributed by atoms with Crippen LogP contribution in [0.3, 0.4) is 0 Å². The van der Waals surface area contributed by atoms with Gasteiger partial charge in [0, 0.05) is 33.7 Å². The highest BCUT2D eigenvalue weighted by Gasteiger charge is 2.15. The Hall–Kier alpha value is -1.87. The Morgan fingerprint density at radius 1 is 1.35 bits per heavy atom. The zero-order chi connectivity index (χ0) is 15.0. The molecule has 0 radical (unpaired) electrons. The van der Waals surface area contributed by atoms with Crippen molar-refractivity contribution in [2.24, 2.45) is 0 Å². The van der Waals surface area contributed by atoms with Crippen molar-refractivity contribution in [3.8, 4) is 0 Å². The monoisotopic (exact) mass is 301 g/mol. The molecule has 5 N–H and O–H groups in total. The maximum atomic E-state index is 11.8. The van der Waals surface area contributed by atoms with Crippen LogP contribution >= 0.6 is 11.3 Å². The third-order valence-corrected chi connectivity index (χ3v) is 3.43. The number of carbonyl (C=O) groups excluding carboxylic acids is 2. The lowest BCUT2D eigenvalue weighted by molar-refractivity contribution is -0.121. The van der Waals surface area contributed by atoms with Crippen molar-refractivity contribution in [1.29, 1.82) is 0 Å². The van der Waals surface area contributed by atoms with Crippen molar-refractivity contribution in [3.63, 3.8) is 0 Å². The molecule has 8 nitrogen and oxygen atoms in total. The van der Waals surface area contributed by atoms with Gasteiger partial charge in [-0.1, -0.05) is 11.3 Å². The average Bonchev–Trinajstić information content (AvgIpc) is 2.80. The normalized spacial score (nSPS) is 10.1. The molecule has 0 saturated heterocycles. The minimum Gasteiger partial charge on any atom is -0.383 e. The second-order valence-electron chi connectivity index (χ2n) is 3.83. The molecule has 0 aliphatic rings. The Morgan fingerprint density at radius 2 is 2.10 bits per heavy atom. The summed E-state index contributed by atoms with van der Waals surface area (Å²) < 4.78 is 4.81. The molecule has 0 saturated carbocycles. The van der Waals surface area contributed by atoms with Gasteiger partial charge in [0.2, 0.25) is 5.91 Å². The smallest absolute Gasteiger partial charge is 0.265 e. The van der Waals surface area contributed by atoms with E-state index in [0.29, 0.717) is 23.2 Å². The van der Waals surface area contributed by atoms with Crippen LogP contribution in [0.15, 0.2) is 0 Å². The second kappa shape index (κ2) is 8.33. The lowest BCUT2D eigenvalue weighted by atomic mass is 10.3. The molecule has 112 valence electrons. The van der Waals surface area contributed by atoms with E-state index in [1.54, 1.807) is 14.2 Å². The molecule has 0 spiro atoms. The van der Waals surface area contributed by atoms with Gasteiger partial charge >= 0.3 is 0 Å². The zero-order valence-electron chi connectivity index (χ0n) is 11.5. The lowest BCUT2D eigenvalue weighted by Crippen LogP contribution is -2.32. The first-order valence-electron chi connectivity index (χ1n) is 6.06. The largest absolute Gasteiger partial charge is 0.383 e. The fourth-order valence-corrected chi connectivity index (χ4v) is 2.11. The van der Waals surface area contributed by atoms with E-state index < -0.39 is 0 Å². The minimum atomic E-state index is -0.328. The SMILES string of the molecule is CNc1nc(N)c(C(=O)NCCC(=O)NCCOC)s1.